The number of carbonyl (C=O) groups excluding carboxylic acids is 1. The Balaban J connectivity index is 1.92. The molecule has 8 nitrogen and oxygen atoms in total. The number of hydrogen-bond acceptors (Lipinski definition) is 8. The van der Waals surface area contributed by atoms with E-state index >= 15 is 0 Å². The lowest BCUT2D eigenvalue weighted by molar-refractivity contribution is -0.139. The molecule has 1 atom stereocenters. The summed E-state index contributed by atoms with van der Waals surface area (Å²) < 4.78 is 23.8. The Morgan fingerprint density at radius 3 is 2.44 bits per heavy atom. The van der Waals surface area contributed by atoms with E-state index in [0.717, 1.165) is 11.3 Å². The molecular weight excluding hydrogens is 480 g/mol. The van der Waals surface area contributed by atoms with E-state index in [1.165, 1.54) is 11.3 Å². The van der Waals surface area contributed by atoms with Crippen LogP contribution >= 0.6 is 11.3 Å². The minimum absolute atomic E-state index is 0.205. The number of esters is 1. The normalized spacial score (nSPS) is 15.2. The molecule has 0 saturated carbocycles. The van der Waals surface area contributed by atoms with Crippen LogP contribution in [0.1, 0.15) is 37.9 Å². The molecule has 9 heteroatoms. The van der Waals surface area contributed by atoms with Crippen LogP contribution in [0.3, 0.4) is 0 Å². The summed E-state index contributed by atoms with van der Waals surface area (Å²) in [7, 11) is 3.15. The molecule has 0 spiro atoms. The summed E-state index contributed by atoms with van der Waals surface area (Å²) in [5.74, 6) is 1.30. The van der Waals surface area contributed by atoms with Crippen molar-refractivity contribution in [2.75, 3.05) is 27.4 Å². The molecule has 4 rings (SSSR count). The van der Waals surface area contributed by atoms with E-state index in [4.69, 9.17) is 18.9 Å². The van der Waals surface area contributed by atoms with Crippen molar-refractivity contribution in [3.05, 3.63) is 84.5 Å². The number of hydrogen-bond donors (Lipinski definition) is 0. The van der Waals surface area contributed by atoms with Gasteiger partial charge in [-0.05, 0) is 62.2 Å². The Morgan fingerprint density at radius 2 is 1.81 bits per heavy atom. The predicted molar refractivity (Wildman–Crippen MR) is 138 cm³/mol. The van der Waals surface area contributed by atoms with Gasteiger partial charge in [0.1, 0.15) is 5.75 Å². The fourth-order valence-corrected chi connectivity index (χ4v) is 5.13. The molecule has 0 fully saturated rings. The number of ether oxygens (including phenoxy) is 4. The van der Waals surface area contributed by atoms with Gasteiger partial charge in [0.15, 0.2) is 16.3 Å². The van der Waals surface area contributed by atoms with Gasteiger partial charge in [0.2, 0.25) is 0 Å². The second-order valence-electron chi connectivity index (χ2n) is 7.92. The molecular formula is C27H28N2O6S. The highest BCUT2D eigenvalue weighted by Gasteiger charge is 2.33. The second kappa shape index (κ2) is 10.8. The number of carbonyl (C=O) groups is 1. The van der Waals surface area contributed by atoms with E-state index in [1.54, 1.807) is 44.8 Å². The summed E-state index contributed by atoms with van der Waals surface area (Å²) in [5, 5.41) is 0. The Labute approximate surface area is 212 Å². The molecule has 1 aromatic heterocycles. The van der Waals surface area contributed by atoms with Gasteiger partial charge in [-0.2, -0.15) is 0 Å². The predicted octanol–water partition coefficient (Wildman–Crippen LogP) is 3.21. The first-order valence-electron chi connectivity index (χ1n) is 11.6. The van der Waals surface area contributed by atoms with Crippen LogP contribution in [0, 0.1) is 0 Å². The zero-order valence-electron chi connectivity index (χ0n) is 20.9. The number of rotatable bonds is 8. The van der Waals surface area contributed by atoms with Crippen LogP contribution in [0.15, 0.2) is 63.5 Å². The van der Waals surface area contributed by atoms with E-state index in [1.807, 2.05) is 43.3 Å². The van der Waals surface area contributed by atoms with E-state index in [0.29, 0.717) is 44.3 Å². The highest BCUT2D eigenvalue weighted by Crippen LogP contribution is 2.36. The lowest BCUT2D eigenvalue weighted by Gasteiger charge is -2.25. The molecule has 188 valence electrons. The van der Waals surface area contributed by atoms with Gasteiger partial charge in [0, 0.05) is 0 Å². The van der Waals surface area contributed by atoms with Crippen molar-refractivity contribution in [1.82, 2.24) is 4.57 Å². The van der Waals surface area contributed by atoms with E-state index < -0.39 is 12.0 Å². The summed E-state index contributed by atoms with van der Waals surface area (Å²) in [6.07, 6.45) is 1.81. The smallest absolute Gasteiger partial charge is 0.338 e. The summed E-state index contributed by atoms with van der Waals surface area (Å²) in [4.78, 5) is 31.9. The average molecular weight is 509 g/mol. The Morgan fingerprint density at radius 1 is 1.06 bits per heavy atom. The third kappa shape index (κ3) is 4.79. The van der Waals surface area contributed by atoms with Crippen molar-refractivity contribution in [2.45, 2.75) is 26.8 Å². The highest BCUT2D eigenvalue weighted by molar-refractivity contribution is 7.07. The van der Waals surface area contributed by atoms with Gasteiger partial charge < -0.3 is 18.9 Å². The van der Waals surface area contributed by atoms with Crippen molar-refractivity contribution >= 4 is 23.4 Å². The van der Waals surface area contributed by atoms with Gasteiger partial charge >= 0.3 is 5.97 Å². The van der Waals surface area contributed by atoms with E-state index in [2.05, 4.69) is 4.99 Å². The first-order valence-corrected chi connectivity index (χ1v) is 12.4. The maximum absolute atomic E-state index is 13.7. The van der Waals surface area contributed by atoms with Crippen LogP contribution in [-0.4, -0.2) is 38.0 Å². The number of allylic oxidation sites excluding steroid dienone is 1. The molecule has 0 aliphatic carbocycles. The SMILES string of the molecule is CCOC(=O)C1=C(C)N=c2s/c(=C\c3ccc(OC)cc3)c(=O)n2C1c1ccc(OCC)c(OC)c1. The maximum Gasteiger partial charge on any atom is 0.338 e. The molecule has 2 aromatic carbocycles. The monoisotopic (exact) mass is 508 g/mol. The van der Waals surface area contributed by atoms with Crippen molar-refractivity contribution in [3.63, 3.8) is 0 Å². The van der Waals surface area contributed by atoms with E-state index in [-0.39, 0.29) is 12.2 Å². The van der Waals surface area contributed by atoms with Crippen LogP contribution in [-0.2, 0) is 9.53 Å². The number of aromatic nitrogens is 1. The van der Waals surface area contributed by atoms with E-state index in [9.17, 15) is 9.59 Å². The standard InChI is InChI=1S/C27H28N2O6S/c1-6-34-20-13-10-18(15-21(20)33-5)24-23(26(31)35-7-2)16(3)28-27-29(24)25(30)22(36-27)14-17-8-11-19(32-4)12-9-17/h8-15,24H,6-7H2,1-5H3/b22-14-. The van der Waals surface area contributed by atoms with Crippen LogP contribution < -0.4 is 29.1 Å². The fourth-order valence-electron chi connectivity index (χ4n) is 4.09. The molecule has 0 saturated heterocycles. The third-order valence-electron chi connectivity index (χ3n) is 5.73. The first-order chi connectivity index (χ1) is 17.4. The summed E-state index contributed by atoms with van der Waals surface area (Å²) >= 11 is 1.27. The summed E-state index contributed by atoms with van der Waals surface area (Å²) in [6, 6.07) is 12.1. The Bertz CT molecular complexity index is 1480. The average Bonchev–Trinajstić information content (AvgIpc) is 3.18. The third-order valence-corrected chi connectivity index (χ3v) is 6.72. The van der Waals surface area contributed by atoms with Crippen LogP contribution in [0.4, 0.5) is 0 Å². The number of benzene rings is 2. The molecule has 0 radical (unpaired) electrons. The lowest BCUT2D eigenvalue weighted by Crippen LogP contribution is -2.40. The van der Waals surface area contributed by atoms with Crippen LogP contribution in [0.5, 0.6) is 17.2 Å². The Hall–Kier alpha value is -3.85. The van der Waals surface area contributed by atoms with Crippen LogP contribution in [0.25, 0.3) is 6.08 Å². The fraction of sp³-hybridized carbons (Fsp3) is 0.296. The number of nitrogens with zero attached hydrogens (tertiary/aromatic N) is 2. The van der Waals surface area contributed by atoms with Gasteiger partial charge in [-0.15, -0.1) is 0 Å². The zero-order chi connectivity index (χ0) is 25.8. The number of methoxy groups -OCH3 is 2. The van der Waals surface area contributed by atoms with Gasteiger partial charge in [0.05, 0.1) is 49.3 Å². The minimum Gasteiger partial charge on any atom is -0.497 e. The van der Waals surface area contributed by atoms with Crippen molar-refractivity contribution in [3.8, 4) is 17.2 Å². The van der Waals surface area contributed by atoms with Gasteiger partial charge in [-0.1, -0.05) is 29.5 Å². The highest BCUT2D eigenvalue weighted by atomic mass is 32.1. The lowest BCUT2D eigenvalue weighted by atomic mass is 9.95. The minimum atomic E-state index is -0.733. The van der Waals surface area contributed by atoms with Gasteiger partial charge in [-0.25, -0.2) is 9.79 Å². The van der Waals surface area contributed by atoms with Crippen molar-refractivity contribution < 1.29 is 23.7 Å². The molecule has 0 bridgehead atoms. The summed E-state index contributed by atoms with van der Waals surface area (Å²) in [6.45, 7) is 6.07. The largest absolute Gasteiger partial charge is 0.497 e. The number of fused-ring (bicyclic) bond motifs is 1. The molecule has 36 heavy (non-hydrogen) atoms. The quantitative estimate of drug-likeness (QED) is 0.434. The van der Waals surface area contributed by atoms with Crippen molar-refractivity contribution in [2.24, 2.45) is 4.99 Å². The molecule has 0 N–H and O–H groups in total. The number of thiazole rings is 1. The molecule has 1 unspecified atom stereocenters. The molecule has 2 heterocycles. The van der Waals surface area contributed by atoms with Crippen LogP contribution in [0.2, 0.25) is 0 Å². The molecule has 0 amide bonds. The van der Waals surface area contributed by atoms with Crippen molar-refractivity contribution in [1.29, 1.82) is 0 Å². The first kappa shape index (κ1) is 25.2. The zero-order valence-corrected chi connectivity index (χ0v) is 21.7. The molecule has 3 aromatic rings. The van der Waals surface area contributed by atoms with Gasteiger partial charge in [-0.3, -0.25) is 9.36 Å². The topological polar surface area (TPSA) is 88.4 Å². The second-order valence-corrected chi connectivity index (χ2v) is 8.93. The van der Waals surface area contributed by atoms with Gasteiger partial charge in [0.25, 0.3) is 5.56 Å². The molecule has 1 aliphatic heterocycles. The molecule has 1 aliphatic rings. The maximum atomic E-state index is 13.7. The summed E-state index contributed by atoms with van der Waals surface area (Å²) in [5.41, 5.74) is 2.10. The Kier molecular flexibility index (Phi) is 7.59.